The molecule has 2 rings (SSSR count). The van der Waals surface area contributed by atoms with E-state index in [0.717, 1.165) is 18.7 Å². The van der Waals surface area contributed by atoms with Crippen LogP contribution in [0.1, 0.15) is 43.4 Å². The summed E-state index contributed by atoms with van der Waals surface area (Å²) in [6, 6.07) is 6.64. The van der Waals surface area contributed by atoms with Crippen molar-refractivity contribution in [1.82, 2.24) is 5.32 Å². The van der Waals surface area contributed by atoms with E-state index >= 15 is 0 Å². The van der Waals surface area contributed by atoms with E-state index in [0.29, 0.717) is 12.6 Å². The number of carbonyl (C=O) groups excluding carboxylic acids is 1. The molecule has 0 spiro atoms. The fourth-order valence-corrected chi connectivity index (χ4v) is 2.59. The largest absolute Gasteiger partial charge is 0.493 e. The van der Waals surface area contributed by atoms with Gasteiger partial charge in [0, 0.05) is 6.04 Å². The Morgan fingerprint density at radius 3 is 3.11 bits per heavy atom. The average Bonchev–Trinajstić information content (AvgIpc) is 2.39. The molecular formula is C15H22N2O2. The zero-order valence-corrected chi connectivity index (χ0v) is 11.4. The van der Waals surface area contributed by atoms with E-state index < -0.39 is 0 Å². The minimum Gasteiger partial charge on any atom is -0.493 e. The van der Waals surface area contributed by atoms with Crippen LogP contribution in [0.3, 0.4) is 0 Å². The highest BCUT2D eigenvalue weighted by molar-refractivity contribution is 5.73. The fourth-order valence-electron chi connectivity index (χ4n) is 2.59. The van der Waals surface area contributed by atoms with E-state index in [1.807, 2.05) is 6.07 Å². The van der Waals surface area contributed by atoms with Crippen molar-refractivity contribution in [3.63, 3.8) is 0 Å². The number of carbonyl (C=O) groups is 1. The van der Waals surface area contributed by atoms with Crippen molar-refractivity contribution in [1.29, 1.82) is 0 Å². The molecule has 1 aliphatic carbocycles. The number of benzene rings is 1. The lowest BCUT2D eigenvalue weighted by molar-refractivity contribution is -0.118. The van der Waals surface area contributed by atoms with Gasteiger partial charge in [-0.3, -0.25) is 4.79 Å². The summed E-state index contributed by atoms with van der Waals surface area (Å²) in [7, 11) is 0. The first-order valence-corrected chi connectivity index (χ1v) is 6.98. The molecule has 0 saturated carbocycles. The third-order valence-corrected chi connectivity index (χ3v) is 3.50. The van der Waals surface area contributed by atoms with E-state index in [-0.39, 0.29) is 12.3 Å². The number of fused-ring (bicyclic) bond motifs is 1. The number of primary amides is 1. The molecule has 1 aromatic carbocycles. The summed E-state index contributed by atoms with van der Waals surface area (Å²) in [4.78, 5) is 10.7. The summed E-state index contributed by atoms with van der Waals surface area (Å²) in [6.45, 7) is 3.44. The zero-order valence-electron chi connectivity index (χ0n) is 11.4. The maximum atomic E-state index is 10.7. The Labute approximate surface area is 114 Å². The summed E-state index contributed by atoms with van der Waals surface area (Å²) in [5, 5.41) is 3.51. The fraction of sp³-hybridized carbons (Fsp3) is 0.533. The van der Waals surface area contributed by atoms with Gasteiger partial charge in [-0.1, -0.05) is 13.0 Å². The Morgan fingerprint density at radius 2 is 2.37 bits per heavy atom. The lowest BCUT2D eigenvalue weighted by Crippen LogP contribution is -2.25. The van der Waals surface area contributed by atoms with Gasteiger partial charge in [-0.15, -0.1) is 0 Å². The molecule has 19 heavy (non-hydrogen) atoms. The average molecular weight is 262 g/mol. The molecule has 4 heteroatoms. The van der Waals surface area contributed by atoms with Gasteiger partial charge in [-0.2, -0.15) is 0 Å². The molecule has 0 heterocycles. The van der Waals surface area contributed by atoms with Crippen LogP contribution in [-0.2, 0) is 11.2 Å². The summed E-state index contributed by atoms with van der Waals surface area (Å²) >= 11 is 0. The van der Waals surface area contributed by atoms with Gasteiger partial charge in [-0.25, -0.2) is 0 Å². The SMILES string of the molecule is CCNC1CCCc2ccc(OCCC(N)=O)cc21. The summed E-state index contributed by atoms with van der Waals surface area (Å²) in [6.07, 6.45) is 3.80. The smallest absolute Gasteiger partial charge is 0.220 e. The number of amides is 1. The predicted molar refractivity (Wildman–Crippen MR) is 75.1 cm³/mol. The normalized spacial score (nSPS) is 17.8. The zero-order chi connectivity index (χ0) is 13.7. The second-order valence-electron chi connectivity index (χ2n) is 4.93. The Bertz CT molecular complexity index is 446. The van der Waals surface area contributed by atoms with Gasteiger partial charge < -0.3 is 15.8 Å². The van der Waals surface area contributed by atoms with Crippen LogP contribution >= 0.6 is 0 Å². The van der Waals surface area contributed by atoms with Gasteiger partial charge in [0.05, 0.1) is 13.0 Å². The highest BCUT2D eigenvalue weighted by Gasteiger charge is 2.19. The van der Waals surface area contributed by atoms with Crippen molar-refractivity contribution in [3.8, 4) is 5.75 Å². The highest BCUT2D eigenvalue weighted by atomic mass is 16.5. The van der Waals surface area contributed by atoms with Crippen LogP contribution in [0.4, 0.5) is 0 Å². The number of nitrogens with one attached hydrogen (secondary N) is 1. The first-order chi connectivity index (χ1) is 9.20. The molecule has 1 aromatic rings. The molecule has 0 saturated heterocycles. The third-order valence-electron chi connectivity index (χ3n) is 3.50. The van der Waals surface area contributed by atoms with Crippen molar-refractivity contribution < 1.29 is 9.53 Å². The van der Waals surface area contributed by atoms with E-state index in [1.165, 1.54) is 24.0 Å². The number of hydrogen-bond acceptors (Lipinski definition) is 3. The molecule has 104 valence electrons. The minimum absolute atomic E-state index is 0.258. The van der Waals surface area contributed by atoms with Crippen LogP contribution in [-0.4, -0.2) is 19.1 Å². The summed E-state index contributed by atoms with van der Waals surface area (Å²) in [5.74, 6) is 0.494. The third kappa shape index (κ3) is 3.70. The molecule has 0 aromatic heterocycles. The minimum atomic E-state index is -0.330. The predicted octanol–water partition coefficient (Wildman–Crippen LogP) is 1.93. The summed E-state index contributed by atoms with van der Waals surface area (Å²) < 4.78 is 5.58. The molecule has 4 nitrogen and oxygen atoms in total. The molecule has 1 unspecified atom stereocenters. The molecular weight excluding hydrogens is 240 g/mol. The lowest BCUT2D eigenvalue weighted by atomic mass is 9.87. The molecule has 3 N–H and O–H groups in total. The first-order valence-electron chi connectivity index (χ1n) is 6.98. The molecule has 1 atom stereocenters. The Morgan fingerprint density at radius 1 is 1.53 bits per heavy atom. The number of rotatable bonds is 6. The van der Waals surface area contributed by atoms with Crippen molar-refractivity contribution in [2.45, 2.75) is 38.6 Å². The lowest BCUT2D eigenvalue weighted by Gasteiger charge is -2.26. The topological polar surface area (TPSA) is 64.3 Å². The molecule has 0 fully saturated rings. The van der Waals surface area contributed by atoms with Gasteiger partial charge in [0.15, 0.2) is 0 Å². The Hall–Kier alpha value is -1.55. The first kappa shape index (κ1) is 13.9. The Kier molecular flexibility index (Phi) is 4.80. The van der Waals surface area contributed by atoms with Gasteiger partial charge in [0.1, 0.15) is 5.75 Å². The second kappa shape index (κ2) is 6.57. The van der Waals surface area contributed by atoms with Gasteiger partial charge in [0.2, 0.25) is 5.91 Å². The van der Waals surface area contributed by atoms with Crippen LogP contribution in [0.25, 0.3) is 0 Å². The van der Waals surface area contributed by atoms with Gasteiger partial charge >= 0.3 is 0 Å². The van der Waals surface area contributed by atoms with Crippen LogP contribution in [0.2, 0.25) is 0 Å². The van der Waals surface area contributed by atoms with Crippen LogP contribution in [0, 0.1) is 0 Å². The van der Waals surface area contributed by atoms with E-state index in [4.69, 9.17) is 10.5 Å². The van der Waals surface area contributed by atoms with E-state index in [2.05, 4.69) is 24.4 Å². The number of nitrogens with two attached hydrogens (primary N) is 1. The van der Waals surface area contributed by atoms with E-state index in [9.17, 15) is 4.79 Å². The number of hydrogen-bond donors (Lipinski definition) is 2. The maximum absolute atomic E-state index is 10.7. The van der Waals surface area contributed by atoms with Crippen molar-refractivity contribution in [2.75, 3.05) is 13.2 Å². The van der Waals surface area contributed by atoms with Crippen molar-refractivity contribution in [3.05, 3.63) is 29.3 Å². The molecule has 0 radical (unpaired) electrons. The highest BCUT2D eigenvalue weighted by Crippen LogP contribution is 2.32. The van der Waals surface area contributed by atoms with Crippen molar-refractivity contribution >= 4 is 5.91 Å². The van der Waals surface area contributed by atoms with Gasteiger partial charge in [0.25, 0.3) is 0 Å². The molecule has 1 amide bonds. The van der Waals surface area contributed by atoms with Gasteiger partial charge in [-0.05, 0) is 49.1 Å². The monoisotopic (exact) mass is 262 g/mol. The van der Waals surface area contributed by atoms with Crippen molar-refractivity contribution in [2.24, 2.45) is 5.73 Å². The summed E-state index contributed by atoms with van der Waals surface area (Å²) in [5.41, 5.74) is 7.84. The maximum Gasteiger partial charge on any atom is 0.220 e. The second-order valence-corrected chi connectivity index (χ2v) is 4.93. The van der Waals surface area contributed by atoms with Crippen LogP contribution < -0.4 is 15.8 Å². The Balaban J connectivity index is 2.07. The number of aryl methyl sites for hydroxylation is 1. The van der Waals surface area contributed by atoms with Crippen LogP contribution in [0.15, 0.2) is 18.2 Å². The molecule has 1 aliphatic rings. The molecule has 0 aliphatic heterocycles. The standard InChI is InChI=1S/C15H22N2O2/c1-2-17-14-5-3-4-11-6-7-12(10-13(11)14)19-9-8-15(16)18/h6-7,10,14,17H,2-5,8-9H2,1H3,(H2,16,18). The number of ether oxygens (including phenoxy) is 1. The molecule has 0 bridgehead atoms. The quantitative estimate of drug-likeness (QED) is 0.823. The van der Waals surface area contributed by atoms with Crippen LogP contribution in [0.5, 0.6) is 5.75 Å². The van der Waals surface area contributed by atoms with E-state index in [1.54, 1.807) is 0 Å².